The lowest BCUT2D eigenvalue weighted by Gasteiger charge is -2.45. The number of thioether (sulfide) groups is 2. The van der Waals surface area contributed by atoms with Gasteiger partial charge in [0.15, 0.2) is 0 Å². The first-order valence-electron chi connectivity index (χ1n) is 16.5. The topological polar surface area (TPSA) is 53.0 Å². The van der Waals surface area contributed by atoms with Gasteiger partial charge < -0.3 is 14.7 Å². The fraction of sp³-hybridized carbons (Fsp3) is 0.848. The molecule has 5 fully saturated rings. The molecule has 3 saturated carbocycles. The number of piperazine rings is 1. The summed E-state index contributed by atoms with van der Waals surface area (Å²) in [7, 11) is 0. The van der Waals surface area contributed by atoms with E-state index in [-0.39, 0.29) is 24.5 Å². The average molecular weight is 625 g/mol. The van der Waals surface area contributed by atoms with Gasteiger partial charge in [-0.3, -0.25) is 9.69 Å². The third-order valence-corrected chi connectivity index (χ3v) is 14.6. The molecule has 0 aromatic rings. The van der Waals surface area contributed by atoms with Crippen LogP contribution >= 0.6 is 35.1 Å². The molecule has 5 aliphatic rings. The Kier molecular flexibility index (Phi) is 12.2. The zero-order valence-electron chi connectivity index (χ0n) is 25.2. The number of hydrogen-bond acceptors (Lipinski definition) is 6. The van der Waals surface area contributed by atoms with Crippen LogP contribution in [0, 0.1) is 23.7 Å². The third-order valence-electron chi connectivity index (χ3n) is 10.6. The van der Waals surface area contributed by atoms with Gasteiger partial charge in [0.25, 0.3) is 0 Å². The van der Waals surface area contributed by atoms with Gasteiger partial charge in [-0.1, -0.05) is 6.08 Å². The van der Waals surface area contributed by atoms with E-state index < -0.39 is 0 Å². The highest BCUT2D eigenvalue weighted by Crippen LogP contribution is 2.54. The van der Waals surface area contributed by atoms with Crippen LogP contribution in [0.1, 0.15) is 84.0 Å². The molecule has 0 aromatic heterocycles. The maximum absolute atomic E-state index is 12.8. The highest BCUT2D eigenvalue weighted by molar-refractivity contribution is 8.18. The van der Waals surface area contributed by atoms with E-state index in [0.29, 0.717) is 9.46 Å². The Bertz CT molecular complexity index is 885. The summed E-state index contributed by atoms with van der Waals surface area (Å²) in [6.45, 7) is 6.87. The second-order valence-electron chi connectivity index (χ2n) is 13.4. The SMILES string of the molecule is CC(/C=C/C(=O)N1CCN(CC2CCC(Cl)CC2)CC1)=C\OC1CCC(C2CCC3(CC2)SCCCS3)CC1CO. The van der Waals surface area contributed by atoms with Crippen LogP contribution < -0.4 is 0 Å². The average Bonchev–Trinajstić information content (AvgIpc) is 3.01. The molecule has 5 rings (SSSR count). The Morgan fingerprint density at radius 1 is 0.951 bits per heavy atom. The molecule has 0 radical (unpaired) electrons. The van der Waals surface area contributed by atoms with Gasteiger partial charge in [0.2, 0.25) is 5.91 Å². The molecule has 2 saturated heterocycles. The smallest absolute Gasteiger partial charge is 0.246 e. The summed E-state index contributed by atoms with van der Waals surface area (Å²) >= 11 is 10.7. The van der Waals surface area contributed by atoms with Crippen molar-refractivity contribution in [1.29, 1.82) is 0 Å². The molecule has 5 nitrogen and oxygen atoms in total. The number of allylic oxidation sites excluding steroid dienone is 2. The number of hydrogen-bond donors (Lipinski definition) is 1. The molecule has 3 atom stereocenters. The number of nitrogens with zero attached hydrogens (tertiary/aromatic N) is 2. The molecule has 1 N–H and O–H groups in total. The lowest BCUT2D eigenvalue weighted by Crippen LogP contribution is -2.49. The molecule has 2 aliphatic heterocycles. The van der Waals surface area contributed by atoms with Gasteiger partial charge >= 0.3 is 0 Å². The molecule has 8 heteroatoms. The highest BCUT2D eigenvalue weighted by Gasteiger charge is 2.42. The largest absolute Gasteiger partial charge is 0.497 e. The first kappa shape index (κ1) is 32.1. The fourth-order valence-corrected chi connectivity index (χ4v) is 11.5. The molecule has 3 unspecified atom stereocenters. The summed E-state index contributed by atoms with van der Waals surface area (Å²) in [5.74, 6) is 5.30. The van der Waals surface area contributed by atoms with Gasteiger partial charge in [-0.2, -0.15) is 0 Å². The molecule has 0 aromatic carbocycles. The predicted molar refractivity (Wildman–Crippen MR) is 175 cm³/mol. The normalized spacial score (nSPS) is 34.3. The van der Waals surface area contributed by atoms with Crippen molar-refractivity contribution >= 4 is 41.0 Å². The lowest BCUT2D eigenvalue weighted by atomic mass is 9.69. The lowest BCUT2D eigenvalue weighted by molar-refractivity contribution is -0.127. The van der Waals surface area contributed by atoms with Gasteiger partial charge in [0, 0.05) is 56.7 Å². The van der Waals surface area contributed by atoms with Crippen LogP contribution in [-0.4, -0.2) is 87.2 Å². The summed E-state index contributed by atoms with van der Waals surface area (Å²) in [5, 5.41) is 10.6. The van der Waals surface area contributed by atoms with E-state index >= 15 is 0 Å². The number of ether oxygens (including phenoxy) is 1. The number of aliphatic hydroxyl groups is 1. The van der Waals surface area contributed by atoms with Crippen molar-refractivity contribution in [1.82, 2.24) is 9.80 Å². The Hall–Kier alpha value is -0.340. The summed E-state index contributed by atoms with van der Waals surface area (Å²) in [4.78, 5) is 17.3. The predicted octanol–water partition coefficient (Wildman–Crippen LogP) is 6.94. The van der Waals surface area contributed by atoms with Crippen molar-refractivity contribution in [2.75, 3.05) is 50.8 Å². The Morgan fingerprint density at radius 2 is 1.66 bits per heavy atom. The van der Waals surface area contributed by atoms with Crippen molar-refractivity contribution in [2.24, 2.45) is 23.7 Å². The number of rotatable bonds is 8. The van der Waals surface area contributed by atoms with Crippen molar-refractivity contribution in [3.63, 3.8) is 0 Å². The van der Waals surface area contributed by atoms with E-state index in [0.717, 1.165) is 81.7 Å². The van der Waals surface area contributed by atoms with Gasteiger partial charge in [0.1, 0.15) is 6.10 Å². The Labute approximate surface area is 262 Å². The van der Waals surface area contributed by atoms with Gasteiger partial charge in [-0.05, 0) is 119 Å². The van der Waals surface area contributed by atoms with Crippen LogP contribution in [0.25, 0.3) is 0 Å². The summed E-state index contributed by atoms with van der Waals surface area (Å²) in [6, 6.07) is 0. The van der Waals surface area contributed by atoms with Crippen LogP contribution in [0.3, 0.4) is 0 Å². The van der Waals surface area contributed by atoms with Gasteiger partial charge in [-0.15, -0.1) is 35.1 Å². The van der Waals surface area contributed by atoms with Crippen molar-refractivity contribution in [2.45, 2.75) is 99.5 Å². The van der Waals surface area contributed by atoms with E-state index in [2.05, 4.69) is 28.4 Å². The molecular formula is C33H53ClN2O3S2. The molecule has 1 amide bonds. The van der Waals surface area contributed by atoms with Crippen molar-refractivity contribution in [3.05, 3.63) is 24.0 Å². The zero-order valence-corrected chi connectivity index (χ0v) is 27.6. The van der Waals surface area contributed by atoms with E-state index in [1.165, 1.54) is 62.9 Å². The number of amides is 1. The maximum atomic E-state index is 12.8. The van der Waals surface area contributed by atoms with Crippen LogP contribution in [0.5, 0.6) is 0 Å². The van der Waals surface area contributed by atoms with Crippen LogP contribution in [0.2, 0.25) is 0 Å². The number of halogens is 1. The van der Waals surface area contributed by atoms with Crippen molar-refractivity contribution in [3.8, 4) is 0 Å². The number of carbonyl (C=O) groups is 1. The molecule has 1 spiro atoms. The van der Waals surface area contributed by atoms with Crippen LogP contribution in [0.15, 0.2) is 24.0 Å². The first-order chi connectivity index (χ1) is 19.9. The molecule has 0 bridgehead atoms. The fourth-order valence-electron chi connectivity index (χ4n) is 7.89. The van der Waals surface area contributed by atoms with Crippen LogP contribution in [0.4, 0.5) is 0 Å². The van der Waals surface area contributed by atoms with Gasteiger partial charge in [-0.25, -0.2) is 0 Å². The zero-order chi connectivity index (χ0) is 28.7. The quantitative estimate of drug-likeness (QED) is 0.137. The van der Waals surface area contributed by atoms with E-state index in [1.54, 1.807) is 6.08 Å². The van der Waals surface area contributed by atoms with E-state index in [4.69, 9.17) is 16.3 Å². The highest BCUT2D eigenvalue weighted by atomic mass is 35.5. The number of alkyl halides is 1. The van der Waals surface area contributed by atoms with Crippen LogP contribution in [-0.2, 0) is 9.53 Å². The van der Waals surface area contributed by atoms with E-state index in [1.807, 2.05) is 24.2 Å². The summed E-state index contributed by atoms with van der Waals surface area (Å²) in [5.41, 5.74) is 0.950. The Balaban J connectivity index is 1.01. The Morgan fingerprint density at radius 3 is 2.34 bits per heavy atom. The standard InChI is InChI=1S/C33H53ClN2O3S2/c1-25(3-10-32(38)36-17-15-35(16-18-36)22-26-4-7-30(34)8-5-26)24-39-31-9-6-28(21-29(31)23-37)27-11-13-33(14-12-27)40-19-2-20-41-33/h3,10,24,26-31,37H,2,4-9,11-23H2,1H3/b10-3+,25-24+. The first-order valence-corrected chi connectivity index (χ1v) is 18.9. The maximum Gasteiger partial charge on any atom is 0.246 e. The molecule has 232 valence electrons. The number of aliphatic hydroxyl groups excluding tert-OH is 1. The second kappa shape index (κ2) is 15.6. The van der Waals surface area contributed by atoms with Gasteiger partial charge in [0.05, 0.1) is 10.3 Å². The molecule has 2 heterocycles. The number of carbonyl (C=O) groups excluding carboxylic acids is 1. The second-order valence-corrected chi connectivity index (χ2v) is 17.3. The minimum atomic E-state index is 0.0715. The monoisotopic (exact) mass is 624 g/mol. The van der Waals surface area contributed by atoms with Crippen molar-refractivity contribution < 1.29 is 14.6 Å². The summed E-state index contributed by atoms with van der Waals surface area (Å²) < 4.78 is 6.74. The minimum absolute atomic E-state index is 0.0715. The minimum Gasteiger partial charge on any atom is -0.497 e. The summed E-state index contributed by atoms with van der Waals surface area (Å²) in [6.07, 6.45) is 20.4. The molecular weight excluding hydrogens is 572 g/mol. The molecule has 41 heavy (non-hydrogen) atoms. The molecule has 3 aliphatic carbocycles. The van der Waals surface area contributed by atoms with E-state index in [9.17, 15) is 9.90 Å². The third kappa shape index (κ3) is 9.09.